The summed E-state index contributed by atoms with van der Waals surface area (Å²) in [4.78, 5) is 12.3. The number of carbonyl (C=O) groups is 1. The highest BCUT2D eigenvalue weighted by Gasteiger charge is 2.21. The van der Waals surface area contributed by atoms with Crippen LogP contribution in [-0.2, 0) is 0 Å². The van der Waals surface area contributed by atoms with Crippen LogP contribution in [0, 0.1) is 6.92 Å². The molecule has 1 heterocycles. The zero-order chi connectivity index (χ0) is 10.8. The van der Waals surface area contributed by atoms with Gasteiger partial charge in [0.25, 0.3) is 0 Å². The van der Waals surface area contributed by atoms with E-state index in [1.807, 2.05) is 13.0 Å². The number of aryl methyl sites for hydroxylation is 1. The third-order valence-electron chi connectivity index (χ3n) is 2.61. The van der Waals surface area contributed by atoms with Crippen LogP contribution < -0.4 is 4.74 Å². The third-order valence-corrected chi connectivity index (χ3v) is 3.63. The van der Waals surface area contributed by atoms with Gasteiger partial charge in [-0.25, -0.2) is 4.79 Å². The Bertz CT molecular complexity index is 364. The van der Waals surface area contributed by atoms with Crippen LogP contribution in [0.1, 0.15) is 40.2 Å². The first kappa shape index (κ1) is 10.5. The molecule has 1 N–H and O–H groups in total. The Labute approximate surface area is 92.7 Å². The van der Waals surface area contributed by atoms with Crippen LogP contribution in [0.5, 0.6) is 5.75 Å². The molecule has 0 radical (unpaired) electrons. The highest BCUT2D eigenvalue weighted by atomic mass is 32.1. The lowest BCUT2D eigenvalue weighted by molar-refractivity contribution is 0.0695. The van der Waals surface area contributed by atoms with E-state index < -0.39 is 5.97 Å². The zero-order valence-corrected chi connectivity index (χ0v) is 9.47. The van der Waals surface area contributed by atoms with Gasteiger partial charge >= 0.3 is 5.97 Å². The highest BCUT2D eigenvalue weighted by molar-refractivity contribution is 7.14. The number of rotatable bonds is 3. The minimum absolute atomic E-state index is 0.220. The molecule has 82 valence electrons. The summed E-state index contributed by atoms with van der Waals surface area (Å²) in [5, 5.41) is 8.98. The standard InChI is InChI=1S/C11H14O3S/c1-7-6-9(10(15-7)11(12)13)14-8-4-2-3-5-8/h6,8H,2-5H2,1H3,(H,12,13). The molecule has 0 unspecified atom stereocenters. The van der Waals surface area contributed by atoms with E-state index in [2.05, 4.69) is 0 Å². The molecule has 3 nitrogen and oxygen atoms in total. The average Bonchev–Trinajstić information content (AvgIpc) is 2.75. The Hall–Kier alpha value is -1.03. The molecule has 1 aliphatic rings. The fraction of sp³-hybridized carbons (Fsp3) is 0.545. The maximum Gasteiger partial charge on any atom is 0.349 e. The quantitative estimate of drug-likeness (QED) is 0.861. The molecule has 0 bridgehead atoms. The second-order valence-corrected chi connectivity index (χ2v) is 5.14. The van der Waals surface area contributed by atoms with Gasteiger partial charge in [0.15, 0.2) is 4.88 Å². The lowest BCUT2D eigenvalue weighted by Gasteiger charge is -2.11. The van der Waals surface area contributed by atoms with Crippen molar-refractivity contribution in [3.8, 4) is 5.75 Å². The maximum atomic E-state index is 10.9. The molecule has 0 amide bonds. The Balaban J connectivity index is 2.15. The van der Waals surface area contributed by atoms with Crippen LogP contribution >= 0.6 is 11.3 Å². The smallest absolute Gasteiger partial charge is 0.349 e. The molecule has 1 fully saturated rings. The van der Waals surface area contributed by atoms with Gasteiger partial charge in [-0.1, -0.05) is 0 Å². The predicted molar refractivity (Wildman–Crippen MR) is 58.9 cm³/mol. The first-order chi connectivity index (χ1) is 7.16. The Morgan fingerprint density at radius 1 is 1.53 bits per heavy atom. The van der Waals surface area contributed by atoms with Gasteiger partial charge in [-0.15, -0.1) is 11.3 Å². The minimum atomic E-state index is -0.888. The van der Waals surface area contributed by atoms with Gasteiger partial charge in [-0.2, -0.15) is 0 Å². The number of thiophene rings is 1. The van der Waals surface area contributed by atoms with E-state index in [9.17, 15) is 4.79 Å². The third kappa shape index (κ3) is 2.31. The summed E-state index contributed by atoms with van der Waals surface area (Å²) in [5.41, 5.74) is 0. The van der Waals surface area contributed by atoms with E-state index in [-0.39, 0.29) is 6.10 Å². The molecular weight excluding hydrogens is 212 g/mol. The molecule has 1 aromatic rings. The van der Waals surface area contributed by atoms with Gasteiger partial charge in [-0.3, -0.25) is 0 Å². The van der Waals surface area contributed by atoms with Crippen LogP contribution in [0.4, 0.5) is 0 Å². The number of carboxylic acid groups (broad SMARTS) is 1. The summed E-state index contributed by atoms with van der Waals surface area (Å²) < 4.78 is 5.72. The number of hydrogen-bond donors (Lipinski definition) is 1. The van der Waals surface area contributed by atoms with Crippen molar-refractivity contribution in [1.29, 1.82) is 0 Å². The fourth-order valence-electron chi connectivity index (χ4n) is 1.91. The van der Waals surface area contributed by atoms with E-state index in [0.29, 0.717) is 10.6 Å². The SMILES string of the molecule is Cc1cc(OC2CCCC2)c(C(=O)O)s1. The van der Waals surface area contributed by atoms with E-state index in [1.165, 1.54) is 24.2 Å². The summed E-state index contributed by atoms with van der Waals surface area (Å²) in [7, 11) is 0. The van der Waals surface area contributed by atoms with Crippen molar-refractivity contribution in [2.75, 3.05) is 0 Å². The predicted octanol–water partition coefficient (Wildman–Crippen LogP) is 3.08. The Morgan fingerprint density at radius 2 is 2.20 bits per heavy atom. The lowest BCUT2D eigenvalue weighted by Crippen LogP contribution is -2.12. The minimum Gasteiger partial charge on any atom is -0.489 e. The van der Waals surface area contributed by atoms with Crippen molar-refractivity contribution in [3.63, 3.8) is 0 Å². The van der Waals surface area contributed by atoms with Crippen LogP contribution in [0.25, 0.3) is 0 Å². The molecule has 0 spiro atoms. The van der Waals surface area contributed by atoms with Crippen molar-refractivity contribution in [2.24, 2.45) is 0 Å². The van der Waals surface area contributed by atoms with Gasteiger partial charge < -0.3 is 9.84 Å². The van der Waals surface area contributed by atoms with Crippen LogP contribution in [0.3, 0.4) is 0 Å². The summed E-state index contributed by atoms with van der Waals surface area (Å²) >= 11 is 1.28. The van der Waals surface area contributed by atoms with Crippen LogP contribution in [0.2, 0.25) is 0 Å². The number of hydrogen-bond acceptors (Lipinski definition) is 3. The molecule has 1 aliphatic carbocycles. The van der Waals surface area contributed by atoms with Crippen molar-refractivity contribution < 1.29 is 14.6 Å². The number of aromatic carboxylic acids is 1. The molecule has 4 heteroatoms. The normalized spacial score (nSPS) is 16.9. The lowest BCUT2D eigenvalue weighted by atomic mass is 10.3. The molecule has 0 aliphatic heterocycles. The second-order valence-electron chi connectivity index (χ2n) is 3.88. The molecule has 2 rings (SSSR count). The van der Waals surface area contributed by atoms with E-state index in [4.69, 9.17) is 9.84 Å². The first-order valence-corrected chi connectivity index (χ1v) is 5.99. The maximum absolute atomic E-state index is 10.9. The number of carboxylic acids is 1. The van der Waals surface area contributed by atoms with Gasteiger partial charge in [0, 0.05) is 4.88 Å². The highest BCUT2D eigenvalue weighted by Crippen LogP contribution is 2.32. The topological polar surface area (TPSA) is 46.5 Å². The van der Waals surface area contributed by atoms with Gasteiger partial charge in [0.2, 0.25) is 0 Å². The summed E-state index contributed by atoms with van der Waals surface area (Å²) in [6.45, 7) is 1.90. The van der Waals surface area contributed by atoms with Crippen LogP contribution in [-0.4, -0.2) is 17.2 Å². The molecule has 0 aromatic carbocycles. The molecule has 0 atom stereocenters. The van der Waals surface area contributed by atoms with E-state index >= 15 is 0 Å². The largest absolute Gasteiger partial charge is 0.489 e. The van der Waals surface area contributed by atoms with Gasteiger partial charge in [0.05, 0.1) is 6.10 Å². The van der Waals surface area contributed by atoms with Crippen LogP contribution in [0.15, 0.2) is 6.07 Å². The zero-order valence-electron chi connectivity index (χ0n) is 8.66. The van der Waals surface area contributed by atoms with Crippen molar-refractivity contribution >= 4 is 17.3 Å². The fourth-order valence-corrected chi connectivity index (χ4v) is 2.70. The van der Waals surface area contributed by atoms with E-state index in [0.717, 1.165) is 17.7 Å². The molecule has 1 aromatic heterocycles. The van der Waals surface area contributed by atoms with Crippen molar-refractivity contribution in [1.82, 2.24) is 0 Å². The molecular formula is C11H14O3S. The van der Waals surface area contributed by atoms with Crippen molar-refractivity contribution in [2.45, 2.75) is 38.7 Å². The van der Waals surface area contributed by atoms with Gasteiger partial charge in [-0.05, 0) is 38.7 Å². The number of ether oxygens (including phenoxy) is 1. The summed E-state index contributed by atoms with van der Waals surface area (Å²) in [6.07, 6.45) is 4.70. The molecule has 1 saturated carbocycles. The van der Waals surface area contributed by atoms with E-state index in [1.54, 1.807) is 0 Å². The monoisotopic (exact) mass is 226 g/mol. The first-order valence-electron chi connectivity index (χ1n) is 5.17. The summed E-state index contributed by atoms with van der Waals surface area (Å²) in [6, 6.07) is 1.83. The Kier molecular flexibility index (Phi) is 2.95. The molecule has 0 saturated heterocycles. The molecule has 15 heavy (non-hydrogen) atoms. The Morgan fingerprint density at radius 3 is 2.80 bits per heavy atom. The van der Waals surface area contributed by atoms with Gasteiger partial charge in [0.1, 0.15) is 5.75 Å². The summed E-state index contributed by atoms with van der Waals surface area (Å²) in [5.74, 6) is -0.335. The van der Waals surface area contributed by atoms with Crippen molar-refractivity contribution in [3.05, 3.63) is 15.8 Å². The average molecular weight is 226 g/mol. The second kappa shape index (κ2) is 4.23.